The summed E-state index contributed by atoms with van der Waals surface area (Å²) in [5.41, 5.74) is 1.22. The number of ether oxygens (including phenoxy) is 2. The van der Waals surface area contributed by atoms with Crippen LogP contribution in [0, 0.1) is 5.92 Å². The number of hydrogen-bond acceptors (Lipinski definition) is 6. The number of pyridine rings is 1. The Labute approximate surface area is 184 Å². The van der Waals surface area contributed by atoms with Gasteiger partial charge >= 0.3 is 12.1 Å². The summed E-state index contributed by atoms with van der Waals surface area (Å²) in [5, 5.41) is 10.2. The van der Waals surface area contributed by atoms with Crippen LogP contribution in [-0.4, -0.2) is 77.6 Å². The van der Waals surface area contributed by atoms with Crippen LogP contribution in [0.4, 0.5) is 13.2 Å². The Bertz CT molecular complexity index is 759. The Morgan fingerprint density at radius 2 is 1.97 bits per heavy atom. The molecule has 0 radical (unpaired) electrons. The summed E-state index contributed by atoms with van der Waals surface area (Å²) in [6.45, 7) is 4.29. The number of amides is 1. The molecule has 0 saturated carbocycles. The highest BCUT2D eigenvalue weighted by atomic mass is 19.4. The number of carbonyl (C=O) groups is 2. The van der Waals surface area contributed by atoms with Gasteiger partial charge in [0.05, 0.1) is 6.10 Å². The van der Waals surface area contributed by atoms with E-state index in [0.29, 0.717) is 12.0 Å². The number of carbonyl (C=O) groups excluding carboxylic acids is 1. The number of rotatable bonds is 5. The van der Waals surface area contributed by atoms with Gasteiger partial charge in [-0.1, -0.05) is 6.07 Å². The van der Waals surface area contributed by atoms with E-state index in [1.54, 1.807) is 6.20 Å². The zero-order valence-corrected chi connectivity index (χ0v) is 17.6. The van der Waals surface area contributed by atoms with Gasteiger partial charge in [0.1, 0.15) is 6.10 Å². The van der Waals surface area contributed by atoms with Crippen LogP contribution in [-0.2, 0) is 25.6 Å². The lowest BCUT2D eigenvalue weighted by Crippen LogP contribution is -2.39. The number of carboxylic acid groups (broad SMARTS) is 1. The van der Waals surface area contributed by atoms with Crippen LogP contribution in [0.15, 0.2) is 24.5 Å². The van der Waals surface area contributed by atoms with Gasteiger partial charge in [-0.05, 0) is 36.8 Å². The smallest absolute Gasteiger partial charge is 0.475 e. The Morgan fingerprint density at radius 3 is 2.59 bits per heavy atom. The fraction of sp³-hybridized carbons (Fsp3) is 0.667. The van der Waals surface area contributed by atoms with Gasteiger partial charge in [-0.2, -0.15) is 13.2 Å². The minimum Gasteiger partial charge on any atom is -0.475 e. The summed E-state index contributed by atoms with van der Waals surface area (Å²) in [5.74, 6) is -2.16. The summed E-state index contributed by atoms with van der Waals surface area (Å²) < 4.78 is 43.2. The molecule has 4 rings (SSSR count). The molecule has 3 fully saturated rings. The van der Waals surface area contributed by atoms with Gasteiger partial charge in [0.15, 0.2) is 0 Å². The highest BCUT2D eigenvalue weighted by Crippen LogP contribution is 2.34. The summed E-state index contributed by atoms with van der Waals surface area (Å²) in [4.78, 5) is 28.0. The number of carboxylic acids is 1. The third kappa shape index (κ3) is 6.88. The number of fused-ring (bicyclic) bond motifs is 1. The number of aliphatic carboxylic acids is 1. The van der Waals surface area contributed by atoms with E-state index in [4.69, 9.17) is 19.4 Å². The highest BCUT2D eigenvalue weighted by molar-refractivity contribution is 5.81. The van der Waals surface area contributed by atoms with E-state index in [0.717, 1.165) is 58.5 Å². The number of alkyl halides is 3. The maximum Gasteiger partial charge on any atom is 0.490 e. The van der Waals surface area contributed by atoms with Crippen LogP contribution in [0.2, 0.25) is 0 Å². The van der Waals surface area contributed by atoms with Crippen molar-refractivity contribution < 1.29 is 37.3 Å². The normalized spacial score (nSPS) is 26.2. The number of nitrogens with zero attached hydrogens (tertiary/aromatic N) is 2. The molecule has 178 valence electrons. The number of hydrogen-bond donors (Lipinski definition) is 2. The minimum absolute atomic E-state index is 0.0576. The molecule has 0 aliphatic carbocycles. The van der Waals surface area contributed by atoms with E-state index in [1.165, 1.54) is 5.56 Å². The van der Waals surface area contributed by atoms with Gasteiger partial charge in [-0.3, -0.25) is 14.7 Å². The first kappa shape index (κ1) is 24.4. The van der Waals surface area contributed by atoms with Crippen LogP contribution in [0.1, 0.15) is 31.2 Å². The third-order valence-electron chi connectivity index (χ3n) is 5.94. The molecule has 32 heavy (non-hydrogen) atoms. The molecule has 2 N–H and O–H groups in total. The number of nitrogens with one attached hydrogen (secondary N) is 1. The predicted octanol–water partition coefficient (Wildman–Crippen LogP) is 1.99. The van der Waals surface area contributed by atoms with Crippen molar-refractivity contribution in [3.63, 3.8) is 0 Å². The Kier molecular flexibility index (Phi) is 8.44. The predicted molar refractivity (Wildman–Crippen MR) is 107 cm³/mol. The summed E-state index contributed by atoms with van der Waals surface area (Å²) in [7, 11) is 0. The first-order valence-electron chi connectivity index (χ1n) is 10.7. The lowest BCUT2D eigenvalue weighted by Gasteiger charge is -2.23. The molecule has 1 aromatic rings. The summed E-state index contributed by atoms with van der Waals surface area (Å²) >= 11 is 0. The molecule has 0 aromatic carbocycles. The molecular formula is C21H28F3N3O5. The minimum atomic E-state index is -5.08. The average Bonchev–Trinajstić information content (AvgIpc) is 3.35. The molecule has 3 atom stereocenters. The van der Waals surface area contributed by atoms with Gasteiger partial charge in [0, 0.05) is 57.7 Å². The van der Waals surface area contributed by atoms with Crippen molar-refractivity contribution in [2.75, 3.05) is 26.3 Å². The molecule has 11 heteroatoms. The number of likely N-dealkylation sites (tertiary alicyclic amines) is 1. The Balaban J connectivity index is 0.000000360. The molecule has 3 saturated heterocycles. The molecule has 8 nitrogen and oxygen atoms in total. The van der Waals surface area contributed by atoms with Crippen molar-refractivity contribution in [1.82, 2.24) is 15.2 Å². The number of aromatic nitrogens is 1. The van der Waals surface area contributed by atoms with Crippen LogP contribution in [0.3, 0.4) is 0 Å². The van der Waals surface area contributed by atoms with E-state index in [2.05, 4.69) is 21.3 Å². The number of halogens is 3. The lowest BCUT2D eigenvalue weighted by atomic mass is 10.0. The van der Waals surface area contributed by atoms with E-state index in [1.807, 2.05) is 12.3 Å². The maximum absolute atomic E-state index is 12.5. The van der Waals surface area contributed by atoms with Crippen molar-refractivity contribution in [3.05, 3.63) is 30.1 Å². The van der Waals surface area contributed by atoms with Crippen LogP contribution < -0.4 is 5.32 Å². The molecule has 1 amide bonds. The Morgan fingerprint density at radius 1 is 1.25 bits per heavy atom. The zero-order chi connectivity index (χ0) is 23.1. The first-order chi connectivity index (χ1) is 15.2. The van der Waals surface area contributed by atoms with Gasteiger partial charge in [0.25, 0.3) is 0 Å². The van der Waals surface area contributed by atoms with E-state index in [-0.39, 0.29) is 18.1 Å². The van der Waals surface area contributed by atoms with E-state index < -0.39 is 12.1 Å². The second kappa shape index (κ2) is 11.1. The van der Waals surface area contributed by atoms with Gasteiger partial charge in [-0.15, -0.1) is 0 Å². The van der Waals surface area contributed by atoms with Gasteiger partial charge < -0.3 is 19.9 Å². The standard InChI is InChI=1S/C19H27N3O3.C2HF3O2/c23-19(21-12-14-4-8-24-9-5-14)18-10-16-17(25-18)3-7-22(16)13-15-2-1-6-20-11-15;3-2(4,5)1(6)7/h1-2,6,11,14,16-18H,3-5,7-10,12-13H2,(H,21,23);(H,6,7)/t16-,17-,18+;/m0./s1. The largest absolute Gasteiger partial charge is 0.490 e. The molecule has 0 spiro atoms. The van der Waals surface area contributed by atoms with Crippen molar-refractivity contribution in [2.45, 2.75) is 56.7 Å². The molecule has 0 bridgehead atoms. The van der Waals surface area contributed by atoms with Gasteiger partial charge in [-0.25, -0.2) is 4.79 Å². The first-order valence-corrected chi connectivity index (χ1v) is 10.7. The third-order valence-corrected chi connectivity index (χ3v) is 5.94. The fourth-order valence-electron chi connectivity index (χ4n) is 4.23. The summed E-state index contributed by atoms with van der Waals surface area (Å²) in [6, 6.07) is 4.42. The van der Waals surface area contributed by atoms with Crippen molar-refractivity contribution in [1.29, 1.82) is 0 Å². The molecule has 3 aliphatic heterocycles. The molecule has 0 unspecified atom stereocenters. The molecule has 4 heterocycles. The lowest BCUT2D eigenvalue weighted by molar-refractivity contribution is -0.192. The van der Waals surface area contributed by atoms with Crippen LogP contribution in [0.5, 0.6) is 0 Å². The van der Waals surface area contributed by atoms with Crippen molar-refractivity contribution in [2.24, 2.45) is 5.92 Å². The monoisotopic (exact) mass is 459 g/mol. The maximum atomic E-state index is 12.5. The van der Waals surface area contributed by atoms with Crippen LogP contribution >= 0.6 is 0 Å². The van der Waals surface area contributed by atoms with E-state index in [9.17, 15) is 18.0 Å². The highest BCUT2D eigenvalue weighted by Gasteiger charge is 2.45. The van der Waals surface area contributed by atoms with E-state index >= 15 is 0 Å². The SMILES string of the molecule is O=C(NCC1CCOCC1)[C@H]1C[C@H]2[C@H](CCN2Cc2cccnc2)O1.O=C(O)C(F)(F)F. The average molecular weight is 459 g/mol. The topological polar surface area (TPSA) is 101 Å². The van der Waals surface area contributed by atoms with Crippen LogP contribution in [0.25, 0.3) is 0 Å². The molecular weight excluding hydrogens is 431 g/mol. The van der Waals surface area contributed by atoms with Crippen molar-refractivity contribution in [3.8, 4) is 0 Å². The van der Waals surface area contributed by atoms with Gasteiger partial charge in [0.2, 0.25) is 5.91 Å². The molecule has 3 aliphatic rings. The zero-order valence-electron chi connectivity index (χ0n) is 17.6. The quantitative estimate of drug-likeness (QED) is 0.695. The second-order valence-corrected chi connectivity index (χ2v) is 8.19. The Hall–Kier alpha value is -2.24. The molecule has 1 aromatic heterocycles. The van der Waals surface area contributed by atoms with Crippen molar-refractivity contribution >= 4 is 11.9 Å². The second-order valence-electron chi connectivity index (χ2n) is 8.19. The fourth-order valence-corrected chi connectivity index (χ4v) is 4.23. The summed E-state index contributed by atoms with van der Waals surface area (Å²) in [6.07, 6.45) is 2.40.